The third kappa shape index (κ3) is 10.0. The van der Waals surface area contributed by atoms with Gasteiger partial charge in [-0.05, 0) is 116 Å². The Balaban J connectivity index is 1.43. The maximum atomic E-state index is 14.0. The van der Waals surface area contributed by atoms with Gasteiger partial charge in [0.15, 0.2) is 0 Å². The van der Waals surface area contributed by atoms with Crippen LogP contribution in [-0.4, -0.2) is 12.7 Å². The molecule has 0 atom stereocenters. The van der Waals surface area contributed by atoms with Crippen molar-refractivity contribution in [2.45, 2.75) is 37.4 Å². The molecule has 7 rings (SSSR count). The SMILES string of the molecule is N#CC(C#N)=C1c2cc(OC(F)(F)F)c(-c3ccc(-c4cc(C(F)(F)F)cc(C(F)(F)F)c4)cc3)cc2-c2cc(-c3ccc(-c4cc(C(F)(F)F)cc(C(F)(F)F)c4)cc3)c(OC(F)(F)F)cc21. The number of allylic oxidation sites excluding steroid dienone is 1. The summed E-state index contributed by atoms with van der Waals surface area (Å²) in [5.41, 5.74) is -12.3. The third-order valence-corrected chi connectivity index (χ3v) is 10.2. The highest BCUT2D eigenvalue weighted by Crippen LogP contribution is 2.54. The van der Waals surface area contributed by atoms with Gasteiger partial charge < -0.3 is 9.47 Å². The molecule has 0 spiro atoms. The van der Waals surface area contributed by atoms with E-state index in [0.29, 0.717) is 36.4 Å². The van der Waals surface area contributed by atoms with Crippen molar-refractivity contribution in [2.75, 3.05) is 0 Å². The number of hydrogen-bond acceptors (Lipinski definition) is 4. The number of halogens is 18. The zero-order valence-corrected chi connectivity index (χ0v) is 32.9. The van der Waals surface area contributed by atoms with Crippen molar-refractivity contribution in [2.24, 2.45) is 0 Å². The van der Waals surface area contributed by atoms with Crippen molar-refractivity contribution in [1.29, 1.82) is 10.5 Å². The van der Waals surface area contributed by atoms with Crippen LogP contribution in [0.1, 0.15) is 33.4 Å². The van der Waals surface area contributed by atoms with Crippen molar-refractivity contribution in [3.63, 3.8) is 0 Å². The number of fused-ring (bicyclic) bond motifs is 3. The van der Waals surface area contributed by atoms with Crippen LogP contribution in [0.3, 0.4) is 0 Å². The molecule has 0 aliphatic heterocycles. The Hall–Kier alpha value is -7.62. The molecule has 0 heterocycles. The van der Waals surface area contributed by atoms with Crippen LogP contribution in [0.15, 0.2) is 115 Å². The quantitative estimate of drug-likeness (QED) is 0.123. The van der Waals surface area contributed by atoms with Crippen LogP contribution in [0, 0.1) is 22.7 Å². The van der Waals surface area contributed by atoms with Gasteiger partial charge in [-0.3, -0.25) is 0 Å². The molecule has 0 radical (unpaired) electrons. The first-order valence-corrected chi connectivity index (χ1v) is 18.6. The fraction of sp³-hybridized carbons (Fsp3) is 0.130. The number of hydrogen-bond donors (Lipinski definition) is 0. The Kier molecular flexibility index (Phi) is 11.8. The predicted molar refractivity (Wildman–Crippen MR) is 204 cm³/mol. The molecule has 6 aromatic carbocycles. The van der Waals surface area contributed by atoms with Gasteiger partial charge in [-0.1, -0.05) is 48.5 Å². The summed E-state index contributed by atoms with van der Waals surface area (Å²) < 4.78 is 256. The van der Waals surface area contributed by atoms with Gasteiger partial charge >= 0.3 is 37.4 Å². The van der Waals surface area contributed by atoms with E-state index in [4.69, 9.17) is 0 Å². The molecular formula is C46H18F18N2O2. The predicted octanol–water partition coefficient (Wildman–Crippen LogP) is 16.1. The normalized spacial score (nSPS) is 13.1. The lowest BCUT2D eigenvalue weighted by atomic mass is 9.93. The first-order valence-electron chi connectivity index (χ1n) is 18.6. The summed E-state index contributed by atoms with van der Waals surface area (Å²) in [6, 6.07) is 15.7. The summed E-state index contributed by atoms with van der Waals surface area (Å²) in [5, 5.41) is 19.8. The Morgan fingerprint density at radius 1 is 0.324 bits per heavy atom. The molecule has 68 heavy (non-hydrogen) atoms. The van der Waals surface area contributed by atoms with E-state index in [-0.39, 0.29) is 45.5 Å². The summed E-state index contributed by atoms with van der Waals surface area (Å²) >= 11 is 0. The van der Waals surface area contributed by atoms with Crippen molar-refractivity contribution in [3.05, 3.63) is 148 Å². The number of nitriles is 2. The summed E-state index contributed by atoms with van der Waals surface area (Å²) in [4.78, 5) is 0. The Labute approximate surface area is 369 Å². The molecule has 0 saturated heterocycles. The van der Waals surface area contributed by atoms with Gasteiger partial charge in [0.2, 0.25) is 0 Å². The second-order valence-electron chi connectivity index (χ2n) is 14.6. The monoisotopic (exact) mass is 972 g/mol. The molecule has 0 bridgehead atoms. The molecule has 0 amide bonds. The minimum absolute atomic E-state index is 0.122. The second-order valence-corrected chi connectivity index (χ2v) is 14.6. The lowest BCUT2D eigenvalue weighted by Gasteiger charge is -2.18. The fourth-order valence-electron chi connectivity index (χ4n) is 7.37. The molecule has 0 aromatic heterocycles. The average Bonchev–Trinajstić information content (AvgIpc) is 3.52. The molecule has 6 aromatic rings. The number of ether oxygens (including phenoxy) is 2. The summed E-state index contributed by atoms with van der Waals surface area (Å²) in [5.74, 6) is -2.12. The minimum atomic E-state index is -5.48. The molecule has 4 nitrogen and oxygen atoms in total. The molecule has 0 N–H and O–H groups in total. The molecule has 350 valence electrons. The zero-order valence-electron chi connectivity index (χ0n) is 32.9. The number of rotatable bonds is 6. The average molecular weight is 973 g/mol. The Bertz CT molecular complexity index is 2810. The lowest BCUT2D eigenvalue weighted by molar-refractivity contribution is -0.275. The number of alkyl halides is 18. The van der Waals surface area contributed by atoms with Crippen LogP contribution in [0.2, 0.25) is 0 Å². The third-order valence-electron chi connectivity index (χ3n) is 10.2. The van der Waals surface area contributed by atoms with E-state index < -0.39 is 116 Å². The highest BCUT2D eigenvalue weighted by atomic mass is 19.4. The van der Waals surface area contributed by atoms with Crippen LogP contribution in [0.5, 0.6) is 11.5 Å². The van der Waals surface area contributed by atoms with Gasteiger partial charge in [0, 0.05) is 16.7 Å². The second kappa shape index (κ2) is 16.6. The topological polar surface area (TPSA) is 66.0 Å². The maximum absolute atomic E-state index is 14.0. The van der Waals surface area contributed by atoms with Crippen LogP contribution in [0.25, 0.3) is 61.2 Å². The van der Waals surface area contributed by atoms with Gasteiger partial charge in [0.25, 0.3) is 0 Å². The van der Waals surface area contributed by atoms with Crippen LogP contribution in [0.4, 0.5) is 79.0 Å². The molecule has 1 aliphatic rings. The van der Waals surface area contributed by atoms with Gasteiger partial charge in [-0.25, -0.2) is 0 Å². The zero-order chi connectivity index (χ0) is 50.1. The number of nitrogens with zero attached hydrogens (tertiary/aromatic N) is 2. The Morgan fingerprint density at radius 3 is 0.853 bits per heavy atom. The van der Waals surface area contributed by atoms with Crippen molar-refractivity contribution >= 4 is 5.57 Å². The van der Waals surface area contributed by atoms with Crippen molar-refractivity contribution in [3.8, 4) is 79.3 Å². The van der Waals surface area contributed by atoms with E-state index in [9.17, 15) is 89.6 Å². The molecule has 0 unspecified atom stereocenters. The van der Waals surface area contributed by atoms with E-state index >= 15 is 0 Å². The van der Waals surface area contributed by atoms with E-state index in [2.05, 4.69) is 9.47 Å². The first kappa shape index (κ1) is 48.3. The molecule has 0 saturated carbocycles. The highest BCUT2D eigenvalue weighted by molar-refractivity contribution is 6.07. The van der Waals surface area contributed by atoms with E-state index in [1.807, 2.05) is 0 Å². The Morgan fingerprint density at radius 2 is 0.603 bits per heavy atom. The summed E-state index contributed by atoms with van der Waals surface area (Å²) in [6.07, 6.45) is -31.9. The minimum Gasteiger partial charge on any atom is -0.405 e. The standard InChI is InChI=1S/C46H18F18N2O2/c47-41(48,49)28-9-25(10-29(13-28)42(50,51)52)21-1-5-23(6-2-21)32-15-34-35-16-33(24-7-3-22(4-8-24)26-11-30(43(53,54)55)14-31(12-26)44(56,57)58)39(68-46(62,63)64)18-37(35)40(27(19-65)20-66)36(34)17-38(32)67-45(59,60)61/h1-18H. The van der Waals surface area contributed by atoms with Crippen molar-refractivity contribution < 1.29 is 88.5 Å². The molecule has 22 heteroatoms. The summed E-state index contributed by atoms with van der Waals surface area (Å²) in [7, 11) is 0. The first-order chi connectivity index (χ1) is 31.3. The summed E-state index contributed by atoms with van der Waals surface area (Å²) in [6.45, 7) is 0. The lowest BCUT2D eigenvalue weighted by Crippen LogP contribution is -2.17. The fourth-order valence-corrected chi connectivity index (χ4v) is 7.37. The van der Waals surface area contributed by atoms with E-state index in [1.165, 1.54) is 12.1 Å². The smallest absolute Gasteiger partial charge is 0.405 e. The van der Waals surface area contributed by atoms with Crippen molar-refractivity contribution in [1.82, 2.24) is 0 Å². The number of benzene rings is 6. The molecular weight excluding hydrogens is 954 g/mol. The highest BCUT2D eigenvalue weighted by Gasteiger charge is 2.40. The van der Waals surface area contributed by atoms with E-state index in [0.717, 1.165) is 60.7 Å². The molecule has 0 fully saturated rings. The van der Waals surface area contributed by atoms with Gasteiger partial charge in [0.05, 0.1) is 22.3 Å². The van der Waals surface area contributed by atoms with Gasteiger partial charge in [-0.15, -0.1) is 26.3 Å². The largest absolute Gasteiger partial charge is 0.573 e. The van der Waals surface area contributed by atoms with E-state index in [1.54, 1.807) is 0 Å². The van der Waals surface area contributed by atoms with Gasteiger partial charge in [0.1, 0.15) is 29.2 Å². The molecule has 1 aliphatic carbocycles. The van der Waals surface area contributed by atoms with Crippen LogP contribution >= 0.6 is 0 Å². The van der Waals surface area contributed by atoms with Crippen LogP contribution < -0.4 is 9.47 Å². The van der Waals surface area contributed by atoms with Crippen LogP contribution in [-0.2, 0) is 24.7 Å². The van der Waals surface area contributed by atoms with Gasteiger partial charge in [-0.2, -0.15) is 63.2 Å². The maximum Gasteiger partial charge on any atom is 0.573 e.